The van der Waals surface area contributed by atoms with E-state index in [9.17, 15) is 8.42 Å². The molecule has 0 aliphatic heterocycles. The molecule has 1 aromatic carbocycles. The van der Waals surface area contributed by atoms with E-state index in [2.05, 4.69) is 4.18 Å². The van der Waals surface area contributed by atoms with E-state index >= 15 is 0 Å². The van der Waals surface area contributed by atoms with Gasteiger partial charge in [0.05, 0.1) is 85.9 Å². The van der Waals surface area contributed by atoms with Crippen molar-refractivity contribution < 1.29 is 50.3 Å². The molecule has 0 aromatic heterocycles. The highest BCUT2D eigenvalue weighted by Crippen LogP contribution is 2.07. The zero-order valence-corrected chi connectivity index (χ0v) is 19.0. The molecule has 1 aromatic rings. The molecule has 0 radical (unpaired) electrons. The van der Waals surface area contributed by atoms with E-state index in [1.807, 2.05) is 30.3 Å². The van der Waals surface area contributed by atoms with Gasteiger partial charge in [-0.15, -0.1) is 0 Å². The minimum atomic E-state index is -4.41. The molecule has 0 unspecified atom stereocenters. The van der Waals surface area contributed by atoms with Crippen molar-refractivity contribution in [3.05, 3.63) is 30.3 Å². The molecule has 32 heavy (non-hydrogen) atoms. The van der Waals surface area contributed by atoms with Crippen LogP contribution in [0.5, 0.6) is 5.75 Å². The van der Waals surface area contributed by atoms with Gasteiger partial charge in [-0.2, -0.15) is 8.42 Å². The summed E-state index contributed by atoms with van der Waals surface area (Å²) in [5.41, 5.74) is 0. The zero-order chi connectivity index (χ0) is 23.2. The van der Waals surface area contributed by atoms with Crippen molar-refractivity contribution in [1.82, 2.24) is 0 Å². The second-order valence-electron chi connectivity index (χ2n) is 6.09. The highest BCUT2D eigenvalue weighted by atomic mass is 32.3. The highest BCUT2D eigenvalue weighted by molar-refractivity contribution is 7.80. The molecular weight excluding hydrogens is 448 g/mol. The molecule has 1 N–H and O–H groups in total. The molecule has 0 aliphatic carbocycles. The van der Waals surface area contributed by atoms with E-state index in [1.165, 1.54) is 0 Å². The Morgan fingerprint density at radius 3 is 1.25 bits per heavy atom. The average Bonchev–Trinajstić information content (AvgIpc) is 2.77. The molecule has 0 aliphatic rings. The SMILES string of the molecule is O=S(=O)(O)OCCOCCOCCOCCOCCOCCOCCOc1ccccc1. The van der Waals surface area contributed by atoms with Crippen LogP contribution in [-0.4, -0.2) is 105 Å². The second-order valence-corrected chi connectivity index (χ2v) is 7.18. The van der Waals surface area contributed by atoms with Gasteiger partial charge in [-0.3, -0.25) is 4.55 Å². The fourth-order valence-electron chi connectivity index (χ4n) is 2.14. The molecule has 12 heteroatoms. The van der Waals surface area contributed by atoms with Gasteiger partial charge in [-0.1, -0.05) is 18.2 Å². The summed E-state index contributed by atoms with van der Waals surface area (Å²) in [4.78, 5) is 0. The zero-order valence-electron chi connectivity index (χ0n) is 18.2. The second kappa shape index (κ2) is 20.3. The van der Waals surface area contributed by atoms with Crippen molar-refractivity contribution in [3.8, 4) is 5.75 Å². The summed E-state index contributed by atoms with van der Waals surface area (Å²) < 4.78 is 70.4. The van der Waals surface area contributed by atoms with Crippen molar-refractivity contribution in [3.63, 3.8) is 0 Å². The Morgan fingerprint density at radius 2 is 0.875 bits per heavy atom. The van der Waals surface area contributed by atoms with E-state index in [4.69, 9.17) is 37.7 Å². The topological polar surface area (TPSA) is 128 Å². The largest absolute Gasteiger partial charge is 0.491 e. The van der Waals surface area contributed by atoms with Crippen LogP contribution in [0.25, 0.3) is 0 Å². The Bertz CT molecular complexity index is 628. The van der Waals surface area contributed by atoms with Crippen molar-refractivity contribution in [2.24, 2.45) is 0 Å². The van der Waals surface area contributed by atoms with E-state index in [-0.39, 0.29) is 19.8 Å². The maximum Gasteiger partial charge on any atom is 0.397 e. The summed E-state index contributed by atoms with van der Waals surface area (Å²) in [6, 6.07) is 9.59. The Hall–Kier alpha value is -1.35. The van der Waals surface area contributed by atoms with Crippen molar-refractivity contribution >= 4 is 10.4 Å². The third-order valence-electron chi connectivity index (χ3n) is 3.56. The summed E-state index contributed by atoms with van der Waals surface area (Å²) in [5.74, 6) is 0.829. The first-order valence-corrected chi connectivity index (χ1v) is 11.7. The number of benzene rings is 1. The van der Waals surface area contributed by atoms with Crippen LogP contribution in [0.2, 0.25) is 0 Å². The first-order chi connectivity index (χ1) is 15.6. The molecular formula is C20H34O11S. The van der Waals surface area contributed by atoms with E-state index in [1.54, 1.807) is 0 Å². The quantitative estimate of drug-likeness (QED) is 0.177. The fourth-order valence-corrected chi connectivity index (χ4v) is 2.41. The smallest absolute Gasteiger partial charge is 0.397 e. The maximum atomic E-state index is 10.3. The lowest BCUT2D eigenvalue weighted by atomic mass is 10.3. The van der Waals surface area contributed by atoms with Crippen LogP contribution in [0.15, 0.2) is 30.3 Å². The van der Waals surface area contributed by atoms with Gasteiger partial charge in [-0.05, 0) is 12.1 Å². The van der Waals surface area contributed by atoms with Gasteiger partial charge in [0.2, 0.25) is 0 Å². The predicted molar refractivity (Wildman–Crippen MR) is 114 cm³/mol. The van der Waals surface area contributed by atoms with Crippen LogP contribution >= 0.6 is 0 Å². The van der Waals surface area contributed by atoms with Crippen molar-refractivity contribution in [2.45, 2.75) is 0 Å². The summed E-state index contributed by atoms with van der Waals surface area (Å²) in [5, 5.41) is 0. The van der Waals surface area contributed by atoms with Crippen LogP contribution in [0.1, 0.15) is 0 Å². The first kappa shape index (κ1) is 28.7. The third-order valence-corrected chi connectivity index (χ3v) is 4.02. The van der Waals surface area contributed by atoms with E-state index in [0.29, 0.717) is 72.7 Å². The predicted octanol–water partition coefficient (Wildman–Crippen LogP) is 0.984. The molecule has 0 saturated carbocycles. The van der Waals surface area contributed by atoms with Crippen LogP contribution in [-0.2, 0) is 43.0 Å². The number of hydrogen-bond donors (Lipinski definition) is 1. The highest BCUT2D eigenvalue weighted by Gasteiger charge is 2.02. The molecule has 0 amide bonds. The molecule has 0 fully saturated rings. The molecule has 11 nitrogen and oxygen atoms in total. The molecule has 0 heterocycles. The molecule has 186 valence electrons. The molecule has 0 bridgehead atoms. The molecule has 0 spiro atoms. The van der Waals surface area contributed by atoms with Gasteiger partial charge in [0, 0.05) is 0 Å². The normalized spacial score (nSPS) is 11.7. The number of rotatable bonds is 23. The van der Waals surface area contributed by atoms with Gasteiger partial charge < -0.3 is 33.2 Å². The Balaban J connectivity index is 1.67. The summed E-state index contributed by atoms with van der Waals surface area (Å²) in [6.45, 7) is 5.16. The minimum absolute atomic E-state index is 0.0391. The lowest BCUT2D eigenvalue weighted by Gasteiger charge is -2.09. The monoisotopic (exact) mass is 482 g/mol. The van der Waals surface area contributed by atoms with Crippen LogP contribution in [0, 0.1) is 0 Å². The number of ether oxygens (including phenoxy) is 7. The summed E-state index contributed by atoms with van der Waals surface area (Å²) in [7, 11) is -4.41. The van der Waals surface area contributed by atoms with E-state index in [0.717, 1.165) is 5.75 Å². The van der Waals surface area contributed by atoms with Crippen LogP contribution in [0.3, 0.4) is 0 Å². The van der Waals surface area contributed by atoms with Crippen LogP contribution in [0.4, 0.5) is 0 Å². The maximum absolute atomic E-state index is 10.3. The lowest BCUT2D eigenvalue weighted by molar-refractivity contribution is -0.0188. The van der Waals surface area contributed by atoms with Crippen LogP contribution < -0.4 is 4.74 Å². The Morgan fingerprint density at radius 1 is 0.531 bits per heavy atom. The van der Waals surface area contributed by atoms with Gasteiger partial charge in [-0.25, -0.2) is 4.18 Å². The van der Waals surface area contributed by atoms with Crippen molar-refractivity contribution in [2.75, 3.05) is 92.5 Å². The Kier molecular flexibility index (Phi) is 18.2. The minimum Gasteiger partial charge on any atom is -0.491 e. The first-order valence-electron chi connectivity index (χ1n) is 10.3. The summed E-state index contributed by atoms with van der Waals surface area (Å²) >= 11 is 0. The summed E-state index contributed by atoms with van der Waals surface area (Å²) in [6.07, 6.45) is 0. The van der Waals surface area contributed by atoms with E-state index < -0.39 is 10.4 Å². The van der Waals surface area contributed by atoms with Gasteiger partial charge >= 0.3 is 10.4 Å². The average molecular weight is 483 g/mol. The lowest BCUT2D eigenvalue weighted by Crippen LogP contribution is -2.15. The standard InChI is InChI=1S/C20H34O11S/c21-32(22,23)31-19-17-29-15-13-27-11-9-25-7-6-24-8-10-26-12-14-28-16-18-30-20-4-2-1-3-5-20/h1-5H,6-19H2,(H,21,22,23). The molecule has 1 rings (SSSR count). The number of hydrogen-bond acceptors (Lipinski definition) is 10. The third kappa shape index (κ3) is 20.5. The van der Waals surface area contributed by atoms with Gasteiger partial charge in [0.1, 0.15) is 12.4 Å². The van der Waals surface area contributed by atoms with Crippen molar-refractivity contribution in [1.29, 1.82) is 0 Å². The number of para-hydroxylation sites is 1. The Labute approximate surface area is 189 Å². The molecule has 0 saturated heterocycles. The van der Waals surface area contributed by atoms with Gasteiger partial charge in [0.15, 0.2) is 0 Å². The van der Waals surface area contributed by atoms with Gasteiger partial charge in [0.25, 0.3) is 0 Å². The molecule has 0 atom stereocenters. The fraction of sp³-hybridized carbons (Fsp3) is 0.700.